The van der Waals surface area contributed by atoms with Crippen molar-refractivity contribution in [3.05, 3.63) is 12.2 Å². The van der Waals surface area contributed by atoms with Gasteiger partial charge in [-0.05, 0) is 38.5 Å². The van der Waals surface area contributed by atoms with Crippen LogP contribution in [0.15, 0.2) is 17.1 Å². The smallest absolute Gasteiger partial charge is 0.213 e. The van der Waals surface area contributed by atoms with Gasteiger partial charge in [0.25, 0.3) is 0 Å². The van der Waals surface area contributed by atoms with Gasteiger partial charge in [0.1, 0.15) is 0 Å². The van der Waals surface area contributed by atoms with Crippen molar-refractivity contribution in [3.63, 3.8) is 0 Å². The van der Waals surface area contributed by atoms with E-state index < -0.39 is 10.0 Å². The van der Waals surface area contributed by atoms with Crippen LogP contribution in [0, 0.1) is 5.92 Å². The molecule has 0 heterocycles. The third-order valence-corrected chi connectivity index (χ3v) is 5.47. The van der Waals surface area contributed by atoms with Gasteiger partial charge in [0.2, 0.25) is 10.0 Å². The second kappa shape index (κ2) is 10.5. The Morgan fingerprint density at radius 1 is 1.26 bits per heavy atom. The largest absolute Gasteiger partial charge is 0.357 e. The molecule has 0 aromatic carbocycles. The summed E-state index contributed by atoms with van der Waals surface area (Å²) < 4.78 is 26.5. The molecule has 2 rings (SSSR count). The highest BCUT2D eigenvalue weighted by Gasteiger charge is 2.20. The van der Waals surface area contributed by atoms with Gasteiger partial charge in [-0.3, -0.25) is 4.99 Å². The standard InChI is InChI=1S/C15H28N4O2S.HI/c1-2-16-15(19-14-8-3-4-9-14)17-10-11-22(20,21)18-12-13-6-5-7-13;/h3-4,13-14,18H,2,5-12H2,1H3,(H2,16,17,19);1H. The molecule has 0 bridgehead atoms. The van der Waals surface area contributed by atoms with E-state index in [0.29, 0.717) is 24.5 Å². The Morgan fingerprint density at radius 3 is 2.52 bits per heavy atom. The third kappa shape index (κ3) is 7.84. The van der Waals surface area contributed by atoms with Crippen LogP contribution < -0.4 is 15.4 Å². The first-order chi connectivity index (χ1) is 10.6. The maximum absolute atomic E-state index is 11.9. The summed E-state index contributed by atoms with van der Waals surface area (Å²) in [7, 11) is -3.22. The summed E-state index contributed by atoms with van der Waals surface area (Å²) in [5.41, 5.74) is 0. The number of hydrogen-bond acceptors (Lipinski definition) is 3. The molecule has 2 aliphatic rings. The fourth-order valence-corrected chi connectivity index (χ4v) is 3.51. The summed E-state index contributed by atoms with van der Waals surface area (Å²) in [5, 5.41) is 6.49. The zero-order valence-corrected chi connectivity index (χ0v) is 16.9. The van der Waals surface area contributed by atoms with Crippen LogP contribution >= 0.6 is 24.0 Å². The van der Waals surface area contributed by atoms with Crippen LogP contribution in [0.1, 0.15) is 39.0 Å². The van der Waals surface area contributed by atoms with Gasteiger partial charge in [0.15, 0.2) is 5.96 Å². The van der Waals surface area contributed by atoms with Crippen LogP contribution in [0.25, 0.3) is 0 Å². The Balaban J connectivity index is 0.00000264. The van der Waals surface area contributed by atoms with E-state index in [1.165, 1.54) is 6.42 Å². The minimum Gasteiger partial charge on any atom is -0.357 e. The number of hydrogen-bond donors (Lipinski definition) is 3. The van der Waals surface area contributed by atoms with Crippen LogP contribution in [0.5, 0.6) is 0 Å². The SMILES string of the molecule is CCNC(=NCCS(=O)(=O)NCC1CCC1)NC1CC=CC1.I. The summed E-state index contributed by atoms with van der Waals surface area (Å²) >= 11 is 0. The average Bonchev–Trinajstić information content (AvgIpc) is 2.89. The fraction of sp³-hybridized carbons (Fsp3) is 0.800. The lowest BCUT2D eigenvalue weighted by Gasteiger charge is -2.25. The molecule has 0 aromatic heterocycles. The lowest BCUT2D eigenvalue weighted by molar-refractivity contribution is 0.316. The monoisotopic (exact) mass is 456 g/mol. The number of nitrogens with zero attached hydrogens (tertiary/aromatic N) is 1. The minimum absolute atomic E-state index is 0. The molecular formula is C15H29IN4O2S. The molecule has 0 spiro atoms. The Hall–Kier alpha value is -0.350. The molecule has 0 unspecified atom stereocenters. The van der Waals surface area contributed by atoms with Gasteiger partial charge in [-0.25, -0.2) is 13.1 Å². The molecule has 3 N–H and O–H groups in total. The van der Waals surface area contributed by atoms with E-state index in [1.54, 1.807) is 0 Å². The van der Waals surface area contributed by atoms with Crippen LogP contribution in [-0.2, 0) is 10.0 Å². The number of halogens is 1. The molecule has 1 fully saturated rings. The van der Waals surface area contributed by atoms with Gasteiger partial charge < -0.3 is 10.6 Å². The van der Waals surface area contributed by atoms with Crippen molar-refractivity contribution >= 4 is 40.0 Å². The second-order valence-corrected chi connectivity index (χ2v) is 7.94. The highest BCUT2D eigenvalue weighted by atomic mass is 127. The van der Waals surface area contributed by atoms with Crippen molar-refractivity contribution in [2.45, 2.75) is 45.1 Å². The first kappa shape index (κ1) is 20.7. The lowest BCUT2D eigenvalue weighted by atomic mass is 9.86. The van der Waals surface area contributed by atoms with Gasteiger partial charge in [0, 0.05) is 19.1 Å². The van der Waals surface area contributed by atoms with Gasteiger partial charge in [0.05, 0.1) is 12.3 Å². The molecule has 6 nitrogen and oxygen atoms in total. The first-order valence-corrected chi connectivity index (χ1v) is 9.91. The zero-order chi connectivity index (χ0) is 15.8. The van der Waals surface area contributed by atoms with E-state index in [9.17, 15) is 8.42 Å². The van der Waals surface area contributed by atoms with E-state index >= 15 is 0 Å². The molecule has 134 valence electrons. The Labute approximate surface area is 157 Å². The number of aliphatic imine (C=N–C) groups is 1. The average molecular weight is 456 g/mol. The van der Waals surface area contributed by atoms with E-state index in [1.807, 2.05) is 6.92 Å². The number of rotatable bonds is 8. The molecule has 23 heavy (non-hydrogen) atoms. The highest BCUT2D eigenvalue weighted by Crippen LogP contribution is 2.25. The van der Waals surface area contributed by atoms with Crippen molar-refractivity contribution in [2.75, 3.05) is 25.4 Å². The summed E-state index contributed by atoms with van der Waals surface area (Å²) in [6, 6.07) is 0.367. The van der Waals surface area contributed by atoms with E-state index in [4.69, 9.17) is 0 Å². The van der Waals surface area contributed by atoms with E-state index in [-0.39, 0.29) is 36.3 Å². The maximum Gasteiger partial charge on any atom is 0.213 e. The molecular weight excluding hydrogens is 427 g/mol. The third-order valence-electron chi connectivity index (χ3n) is 4.14. The normalized spacial score (nSPS) is 19.3. The lowest BCUT2D eigenvalue weighted by Crippen LogP contribution is -2.43. The van der Waals surface area contributed by atoms with Crippen LogP contribution in [-0.4, -0.2) is 45.8 Å². The molecule has 0 saturated heterocycles. The van der Waals surface area contributed by atoms with Gasteiger partial charge in [-0.1, -0.05) is 18.6 Å². The van der Waals surface area contributed by atoms with Gasteiger partial charge in [-0.2, -0.15) is 0 Å². The summed E-state index contributed by atoms with van der Waals surface area (Å²) in [5.74, 6) is 1.27. The van der Waals surface area contributed by atoms with Crippen molar-refractivity contribution in [1.82, 2.24) is 15.4 Å². The number of nitrogens with one attached hydrogen (secondary N) is 3. The van der Waals surface area contributed by atoms with Crippen molar-refractivity contribution in [2.24, 2.45) is 10.9 Å². The van der Waals surface area contributed by atoms with Gasteiger partial charge >= 0.3 is 0 Å². The topological polar surface area (TPSA) is 82.6 Å². The Kier molecular flexibility index (Phi) is 9.45. The van der Waals surface area contributed by atoms with E-state index in [2.05, 4.69) is 32.5 Å². The van der Waals surface area contributed by atoms with Crippen molar-refractivity contribution in [1.29, 1.82) is 0 Å². The van der Waals surface area contributed by atoms with Gasteiger partial charge in [-0.15, -0.1) is 24.0 Å². The Morgan fingerprint density at radius 2 is 1.96 bits per heavy atom. The quantitative estimate of drug-likeness (QED) is 0.224. The predicted molar refractivity (Wildman–Crippen MR) is 106 cm³/mol. The fourth-order valence-electron chi connectivity index (χ4n) is 2.54. The van der Waals surface area contributed by atoms with Crippen LogP contribution in [0.3, 0.4) is 0 Å². The minimum atomic E-state index is -3.22. The summed E-state index contributed by atoms with van der Waals surface area (Å²) in [6.07, 6.45) is 9.79. The highest BCUT2D eigenvalue weighted by molar-refractivity contribution is 14.0. The Bertz CT molecular complexity index is 496. The summed E-state index contributed by atoms with van der Waals surface area (Å²) in [6.45, 7) is 3.62. The molecule has 2 aliphatic carbocycles. The van der Waals surface area contributed by atoms with E-state index in [0.717, 1.165) is 32.2 Å². The first-order valence-electron chi connectivity index (χ1n) is 8.26. The molecule has 0 aliphatic heterocycles. The number of sulfonamides is 1. The van der Waals surface area contributed by atoms with Crippen molar-refractivity contribution < 1.29 is 8.42 Å². The molecule has 0 atom stereocenters. The summed E-state index contributed by atoms with van der Waals surface area (Å²) in [4.78, 5) is 4.37. The molecule has 0 aromatic rings. The molecule has 8 heteroatoms. The van der Waals surface area contributed by atoms with Crippen LogP contribution in [0.4, 0.5) is 0 Å². The zero-order valence-electron chi connectivity index (χ0n) is 13.8. The van der Waals surface area contributed by atoms with Crippen LogP contribution in [0.2, 0.25) is 0 Å². The molecule has 0 radical (unpaired) electrons. The molecule has 1 saturated carbocycles. The predicted octanol–water partition coefficient (Wildman–Crippen LogP) is 1.60. The number of guanidine groups is 1. The second-order valence-electron chi connectivity index (χ2n) is 6.01. The van der Waals surface area contributed by atoms with Crippen molar-refractivity contribution in [3.8, 4) is 0 Å². The molecule has 0 amide bonds. The maximum atomic E-state index is 11.9.